The Kier molecular flexibility index (Phi) is 2.87. The number of cyclic esters (lactones) is 1. The number of benzene rings is 1. The maximum absolute atomic E-state index is 11.7. The van der Waals surface area contributed by atoms with E-state index in [-0.39, 0.29) is 12.1 Å². The molecule has 0 radical (unpaired) electrons. The van der Waals surface area contributed by atoms with Crippen molar-refractivity contribution in [3.63, 3.8) is 0 Å². The molecule has 0 unspecified atom stereocenters. The van der Waals surface area contributed by atoms with Gasteiger partial charge < -0.3 is 4.74 Å². The molecule has 0 N–H and O–H groups in total. The molecule has 1 aromatic carbocycles. The summed E-state index contributed by atoms with van der Waals surface area (Å²) in [6.45, 7) is 0. The number of hydrogen-bond acceptors (Lipinski definition) is 2. The van der Waals surface area contributed by atoms with E-state index in [0.29, 0.717) is 18.3 Å². The van der Waals surface area contributed by atoms with Gasteiger partial charge in [0, 0.05) is 12.3 Å². The molecule has 1 saturated heterocycles. The van der Waals surface area contributed by atoms with E-state index in [9.17, 15) is 4.79 Å². The predicted molar refractivity (Wildman–Crippen MR) is 65.3 cm³/mol. The molecule has 2 aliphatic rings. The lowest BCUT2D eigenvalue weighted by Gasteiger charge is -2.40. The van der Waals surface area contributed by atoms with Gasteiger partial charge in [0.05, 0.1) is 0 Å². The van der Waals surface area contributed by atoms with Crippen molar-refractivity contribution in [2.45, 2.75) is 38.2 Å². The summed E-state index contributed by atoms with van der Waals surface area (Å²) in [6.07, 6.45) is 5.59. The molecule has 1 aliphatic carbocycles. The largest absolute Gasteiger partial charge is 0.457 e. The summed E-state index contributed by atoms with van der Waals surface area (Å²) in [7, 11) is 0. The van der Waals surface area contributed by atoms with E-state index >= 15 is 0 Å². The molecule has 2 heteroatoms. The van der Waals surface area contributed by atoms with Gasteiger partial charge in [-0.15, -0.1) is 0 Å². The molecule has 3 atom stereocenters. The Morgan fingerprint density at radius 2 is 1.82 bits per heavy atom. The van der Waals surface area contributed by atoms with Crippen molar-refractivity contribution in [1.82, 2.24) is 0 Å². The van der Waals surface area contributed by atoms with Crippen LogP contribution in [-0.2, 0) is 9.53 Å². The number of ether oxygens (including phenoxy) is 1. The number of carbonyl (C=O) groups excluding carboxylic acids is 1. The maximum atomic E-state index is 11.7. The van der Waals surface area contributed by atoms with Crippen molar-refractivity contribution in [2.24, 2.45) is 11.8 Å². The summed E-state index contributed by atoms with van der Waals surface area (Å²) >= 11 is 0. The van der Waals surface area contributed by atoms with E-state index in [1.165, 1.54) is 25.7 Å². The average molecular weight is 230 g/mol. The zero-order valence-corrected chi connectivity index (χ0v) is 9.97. The van der Waals surface area contributed by atoms with Gasteiger partial charge in [0.1, 0.15) is 6.10 Å². The van der Waals surface area contributed by atoms with E-state index in [1.807, 2.05) is 18.2 Å². The smallest absolute Gasteiger partial charge is 0.306 e. The number of carbonyl (C=O) groups is 1. The molecule has 2 nitrogen and oxygen atoms in total. The first-order chi connectivity index (χ1) is 8.34. The summed E-state index contributed by atoms with van der Waals surface area (Å²) in [5.74, 6) is 1.08. The molecule has 17 heavy (non-hydrogen) atoms. The van der Waals surface area contributed by atoms with E-state index in [2.05, 4.69) is 12.1 Å². The molecule has 0 aromatic heterocycles. The number of rotatable bonds is 1. The first kappa shape index (κ1) is 10.8. The summed E-state index contributed by atoms with van der Waals surface area (Å²) < 4.78 is 5.60. The van der Waals surface area contributed by atoms with Crippen molar-refractivity contribution < 1.29 is 9.53 Å². The maximum Gasteiger partial charge on any atom is 0.306 e. The van der Waals surface area contributed by atoms with Crippen LogP contribution < -0.4 is 0 Å². The van der Waals surface area contributed by atoms with Gasteiger partial charge in [-0.3, -0.25) is 4.79 Å². The lowest BCUT2D eigenvalue weighted by atomic mass is 9.72. The summed E-state index contributed by atoms with van der Waals surface area (Å²) in [4.78, 5) is 11.7. The van der Waals surface area contributed by atoms with Crippen LogP contribution in [0.4, 0.5) is 0 Å². The Labute approximate surface area is 102 Å². The highest BCUT2D eigenvalue weighted by molar-refractivity contribution is 5.71. The molecule has 1 aliphatic heterocycles. The lowest BCUT2D eigenvalue weighted by Crippen LogP contribution is -2.35. The minimum Gasteiger partial charge on any atom is -0.457 e. The topological polar surface area (TPSA) is 26.3 Å². The molecule has 0 spiro atoms. The lowest BCUT2D eigenvalue weighted by molar-refractivity contribution is -0.166. The fourth-order valence-corrected chi connectivity index (χ4v) is 3.34. The van der Waals surface area contributed by atoms with Crippen LogP contribution >= 0.6 is 0 Å². The molecular weight excluding hydrogens is 212 g/mol. The fourth-order valence-electron chi connectivity index (χ4n) is 3.34. The second-order valence-corrected chi connectivity index (χ2v) is 5.23. The van der Waals surface area contributed by atoms with Gasteiger partial charge in [0.15, 0.2) is 0 Å². The molecule has 0 bridgehead atoms. The van der Waals surface area contributed by atoms with Crippen molar-refractivity contribution >= 4 is 5.97 Å². The van der Waals surface area contributed by atoms with E-state index in [1.54, 1.807) is 0 Å². The second kappa shape index (κ2) is 4.52. The fraction of sp³-hybridized carbons (Fsp3) is 0.533. The highest BCUT2D eigenvalue weighted by Crippen LogP contribution is 2.45. The third-order valence-corrected chi connectivity index (χ3v) is 4.17. The summed E-state index contributed by atoms with van der Waals surface area (Å²) in [5, 5.41) is 0. The Bertz CT molecular complexity index is 399. The third kappa shape index (κ3) is 2.08. The number of fused-ring (bicyclic) bond motifs is 1. The normalized spacial score (nSPS) is 32.7. The van der Waals surface area contributed by atoms with Crippen LogP contribution in [-0.4, -0.2) is 5.97 Å². The quantitative estimate of drug-likeness (QED) is 0.690. The Balaban J connectivity index is 1.88. The van der Waals surface area contributed by atoms with Gasteiger partial charge >= 0.3 is 5.97 Å². The monoisotopic (exact) mass is 230 g/mol. The van der Waals surface area contributed by atoms with E-state index < -0.39 is 0 Å². The number of hydrogen-bond donors (Lipinski definition) is 0. The van der Waals surface area contributed by atoms with Gasteiger partial charge in [-0.2, -0.15) is 0 Å². The highest BCUT2D eigenvalue weighted by Gasteiger charge is 2.40. The molecule has 0 amide bonds. The molecule has 3 rings (SSSR count). The SMILES string of the molecule is O=C1C[C@H]2CCCC[C@@H]2[C@@H](c2ccccc2)O1. The van der Waals surface area contributed by atoms with Crippen LogP contribution in [0.25, 0.3) is 0 Å². The van der Waals surface area contributed by atoms with Crippen molar-refractivity contribution in [3.8, 4) is 0 Å². The van der Waals surface area contributed by atoms with Crippen LogP contribution in [0.15, 0.2) is 30.3 Å². The van der Waals surface area contributed by atoms with Crippen LogP contribution in [0.5, 0.6) is 0 Å². The molecular formula is C15H18O2. The number of esters is 1. The first-order valence-corrected chi connectivity index (χ1v) is 6.59. The molecule has 90 valence electrons. The van der Waals surface area contributed by atoms with E-state index in [0.717, 1.165) is 5.56 Å². The molecule has 1 aromatic rings. The van der Waals surface area contributed by atoms with Crippen molar-refractivity contribution in [1.29, 1.82) is 0 Å². The molecule has 1 saturated carbocycles. The van der Waals surface area contributed by atoms with Gasteiger partial charge in [0.2, 0.25) is 0 Å². The Morgan fingerprint density at radius 1 is 1.06 bits per heavy atom. The van der Waals surface area contributed by atoms with Gasteiger partial charge in [0.25, 0.3) is 0 Å². The molecule has 1 heterocycles. The second-order valence-electron chi connectivity index (χ2n) is 5.23. The minimum absolute atomic E-state index is 0.00255. The Hall–Kier alpha value is -1.31. The standard InChI is InChI=1S/C15H18O2/c16-14-10-12-8-4-5-9-13(12)15(17-14)11-6-2-1-3-7-11/h1-3,6-7,12-13,15H,4-5,8-10H2/t12-,13+,15-/m1/s1. The third-order valence-electron chi connectivity index (χ3n) is 4.17. The highest BCUT2D eigenvalue weighted by atomic mass is 16.5. The zero-order valence-electron chi connectivity index (χ0n) is 9.97. The summed E-state index contributed by atoms with van der Waals surface area (Å²) in [5.41, 5.74) is 1.16. The minimum atomic E-state index is -0.0120. The van der Waals surface area contributed by atoms with Crippen LogP contribution in [0.1, 0.15) is 43.8 Å². The first-order valence-electron chi connectivity index (χ1n) is 6.59. The van der Waals surface area contributed by atoms with Crippen molar-refractivity contribution in [2.75, 3.05) is 0 Å². The van der Waals surface area contributed by atoms with Crippen LogP contribution in [0.2, 0.25) is 0 Å². The van der Waals surface area contributed by atoms with Crippen LogP contribution in [0.3, 0.4) is 0 Å². The average Bonchev–Trinajstić information content (AvgIpc) is 2.39. The molecule has 2 fully saturated rings. The van der Waals surface area contributed by atoms with E-state index in [4.69, 9.17) is 4.74 Å². The van der Waals surface area contributed by atoms with Gasteiger partial charge in [-0.25, -0.2) is 0 Å². The van der Waals surface area contributed by atoms with Gasteiger partial charge in [-0.1, -0.05) is 43.2 Å². The Morgan fingerprint density at radius 3 is 2.65 bits per heavy atom. The van der Waals surface area contributed by atoms with Gasteiger partial charge in [-0.05, 0) is 24.3 Å². The van der Waals surface area contributed by atoms with Crippen molar-refractivity contribution in [3.05, 3.63) is 35.9 Å². The zero-order chi connectivity index (χ0) is 11.7. The van der Waals surface area contributed by atoms with Crippen LogP contribution in [0, 0.1) is 11.8 Å². The summed E-state index contributed by atoms with van der Waals surface area (Å²) in [6, 6.07) is 10.2. The predicted octanol–water partition coefficient (Wildman–Crippen LogP) is 3.48.